The summed E-state index contributed by atoms with van der Waals surface area (Å²) in [6, 6.07) is 6.91. The Bertz CT molecular complexity index is 630. The maximum atomic E-state index is 12.0. The number of rotatable bonds is 4. The lowest BCUT2D eigenvalue weighted by molar-refractivity contribution is 0.102. The van der Waals surface area contributed by atoms with Crippen LogP contribution in [0.1, 0.15) is 16.2 Å². The van der Waals surface area contributed by atoms with Crippen LogP contribution in [0.2, 0.25) is 0 Å². The second-order valence-electron chi connectivity index (χ2n) is 3.75. The van der Waals surface area contributed by atoms with Crippen LogP contribution in [0, 0.1) is 0 Å². The molecule has 2 aromatic rings. The van der Waals surface area contributed by atoms with E-state index in [-0.39, 0.29) is 11.6 Å². The number of H-pyrrole nitrogens is 2. The van der Waals surface area contributed by atoms with Crippen molar-refractivity contribution in [3.63, 3.8) is 0 Å². The van der Waals surface area contributed by atoms with E-state index in [2.05, 4.69) is 31.2 Å². The topological polar surface area (TPSA) is 87.0 Å². The molecular formula is C12H12BrN3O3. The molecule has 0 aliphatic carbocycles. The summed E-state index contributed by atoms with van der Waals surface area (Å²) in [6.07, 6.45) is 0. The van der Waals surface area contributed by atoms with E-state index in [1.54, 1.807) is 31.4 Å². The van der Waals surface area contributed by atoms with E-state index in [9.17, 15) is 9.59 Å². The first-order chi connectivity index (χ1) is 9.13. The number of benzene rings is 1. The number of halogens is 1. The van der Waals surface area contributed by atoms with Crippen molar-refractivity contribution < 1.29 is 9.53 Å². The van der Waals surface area contributed by atoms with Gasteiger partial charge < -0.3 is 20.0 Å². The van der Waals surface area contributed by atoms with E-state index in [0.29, 0.717) is 22.5 Å². The van der Waals surface area contributed by atoms with Gasteiger partial charge in [0.05, 0.1) is 12.8 Å². The van der Waals surface area contributed by atoms with Crippen molar-refractivity contribution >= 4 is 27.5 Å². The number of carbonyl (C=O) groups excluding carboxylic acids is 1. The zero-order valence-corrected chi connectivity index (χ0v) is 11.7. The fraction of sp³-hybridized carbons (Fsp3) is 0.167. The molecule has 0 saturated heterocycles. The van der Waals surface area contributed by atoms with Crippen LogP contribution in [0.3, 0.4) is 0 Å². The van der Waals surface area contributed by atoms with Crippen molar-refractivity contribution in [2.75, 3.05) is 12.4 Å². The maximum absolute atomic E-state index is 12.0. The Balaban J connectivity index is 2.17. The molecule has 0 aliphatic heterocycles. The monoisotopic (exact) mass is 325 g/mol. The number of alkyl halides is 1. The first-order valence-electron chi connectivity index (χ1n) is 5.46. The summed E-state index contributed by atoms with van der Waals surface area (Å²) < 4.78 is 5.03. The third-order valence-electron chi connectivity index (χ3n) is 2.51. The zero-order valence-electron chi connectivity index (χ0n) is 10.1. The number of amides is 1. The number of nitrogens with one attached hydrogen (secondary N) is 3. The van der Waals surface area contributed by atoms with Gasteiger partial charge in [0.2, 0.25) is 0 Å². The van der Waals surface area contributed by atoms with Gasteiger partial charge in [0, 0.05) is 11.0 Å². The first-order valence-corrected chi connectivity index (χ1v) is 6.58. The van der Waals surface area contributed by atoms with E-state index in [1.165, 1.54) is 0 Å². The molecule has 1 heterocycles. The van der Waals surface area contributed by atoms with Gasteiger partial charge in [-0.15, -0.1) is 0 Å². The minimum atomic E-state index is -0.408. The molecule has 0 spiro atoms. The van der Waals surface area contributed by atoms with Crippen LogP contribution in [0.25, 0.3) is 0 Å². The summed E-state index contributed by atoms with van der Waals surface area (Å²) in [5.74, 6) is 0.326. The van der Waals surface area contributed by atoms with Gasteiger partial charge in [-0.05, 0) is 24.3 Å². The number of anilines is 1. The lowest BCUT2D eigenvalue weighted by Gasteiger charge is -2.05. The number of hydrogen-bond donors (Lipinski definition) is 3. The third kappa shape index (κ3) is 3.05. The predicted octanol–water partition coefficient (Wildman–Crippen LogP) is 1.86. The van der Waals surface area contributed by atoms with Crippen molar-refractivity contribution in [1.29, 1.82) is 0 Å². The van der Waals surface area contributed by atoms with E-state index in [0.717, 1.165) is 0 Å². The molecule has 0 bridgehead atoms. The molecule has 1 amide bonds. The van der Waals surface area contributed by atoms with Crippen molar-refractivity contribution in [2.24, 2.45) is 0 Å². The van der Waals surface area contributed by atoms with Crippen LogP contribution in [0.4, 0.5) is 5.69 Å². The van der Waals surface area contributed by atoms with Crippen LogP contribution in [0.15, 0.2) is 29.1 Å². The van der Waals surface area contributed by atoms with Gasteiger partial charge in [0.1, 0.15) is 11.4 Å². The van der Waals surface area contributed by atoms with Gasteiger partial charge in [-0.1, -0.05) is 15.9 Å². The molecule has 3 N–H and O–H groups in total. The second kappa shape index (κ2) is 5.75. The van der Waals surface area contributed by atoms with E-state index in [4.69, 9.17) is 4.74 Å². The number of carbonyl (C=O) groups is 1. The number of aromatic amines is 2. The van der Waals surface area contributed by atoms with Gasteiger partial charge in [0.25, 0.3) is 5.91 Å². The van der Waals surface area contributed by atoms with Gasteiger partial charge in [-0.2, -0.15) is 0 Å². The largest absolute Gasteiger partial charge is 0.497 e. The third-order valence-corrected chi connectivity index (χ3v) is 3.07. The average molecular weight is 326 g/mol. The Morgan fingerprint density at radius 3 is 2.58 bits per heavy atom. The van der Waals surface area contributed by atoms with Crippen molar-refractivity contribution in [3.05, 3.63) is 46.1 Å². The minimum Gasteiger partial charge on any atom is -0.497 e. The number of ether oxygens (including phenoxy) is 1. The second-order valence-corrected chi connectivity index (χ2v) is 4.31. The van der Waals surface area contributed by atoms with Crippen LogP contribution >= 0.6 is 15.9 Å². The molecule has 0 aliphatic rings. The fourth-order valence-electron chi connectivity index (χ4n) is 1.58. The normalized spacial score (nSPS) is 10.2. The molecular weight excluding hydrogens is 314 g/mol. The van der Waals surface area contributed by atoms with E-state index >= 15 is 0 Å². The van der Waals surface area contributed by atoms with Crippen molar-refractivity contribution in [3.8, 4) is 5.75 Å². The van der Waals surface area contributed by atoms with Gasteiger partial charge in [-0.3, -0.25) is 4.79 Å². The Morgan fingerprint density at radius 2 is 2.00 bits per heavy atom. The highest BCUT2D eigenvalue weighted by molar-refractivity contribution is 9.08. The standard InChI is InChI=1S/C12H12BrN3O3/c1-19-8-4-2-7(3-5-8)14-11(17)10-9(6-13)15-12(18)16-10/h2-5H,6H2,1H3,(H,14,17)(H2,15,16,18). The Morgan fingerprint density at radius 1 is 1.32 bits per heavy atom. The molecule has 1 aromatic heterocycles. The number of imidazole rings is 1. The smallest absolute Gasteiger partial charge is 0.323 e. The summed E-state index contributed by atoms with van der Waals surface area (Å²) in [7, 11) is 1.57. The lowest BCUT2D eigenvalue weighted by atomic mass is 10.2. The summed E-state index contributed by atoms with van der Waals surface area (Å²) in [6.45, 7) is 0. The predicted molar refractivity (Wildman–Crippen MR) is 75.0 cm³/mol. The Labute approximate surface area is 117 Å². The quantitative estimate of drug-likeness (QED) is 0.750. The number of hydrogen-bond acceptors (Lipinski definition) is 3. The molecule has 19 heavy (non-hydrogen) atoms. The lowest BCUT2D eigenvalue weighted by Crippen LogP contribution is -2.15. The van der Waals surface area contributed by atoms with E-state index in [1.807, 2.05) is 0 Å². The van der Waals surface area contributed by atoms with Crippen LogP contribution in [-0.4, -0.2) is 23.0 Å². The SMILES string of the molecule is COc1ccc(NC(=O)c2[nH]c(=O)[nH]c2CBr)cc1. The highest BCUT2D eigenvalue weighted by atomic mass is 79.9. The fourth-order valence-corrected chi connectivity index (χ4v) is 2.00. The number of aromatic nitrogens is 2. The molecule has 6 nitrogen and oxygen atoms in total. The molecule has 2 rings (SSSR count). The Kier molecular flexibility index (Phi) is 4.06. The van der Waals surface area contributed by atoms with E-state index < -0.39 is 5.69 Å². The molecule has 0 atom stereocenters. The summed E-state index contributed by atoms with van der Waals surface area (Å²) in [5.41, 5.74) is 0.941. The van der Waals surface area contributed by atoms with Gasteiger partial charge >= 0.3 is 5.69 Å². The summed E-state index contributed by atoms with van der Waals surface area (Å²) in [5, 5.41) is 3.08. The van der Waals surface area contributed by atoms with Crippen molar-refractivity contribution in [2.45, 2.75) is 5.33 Å². The van der Waals surface area contributed by atoms with Gasteiger partial charge in [-0.25, -0.2) is 4.79 Å². The molecule has 100 valence electrons. The summed E-state index contributed by atoms with van der Waals surface area (Å²) in [4.78, 5) is 28.2. The minimum absolute atomic E-state index is 0.220. The van der Waals surface area contributed by atoms with Crippen LogP contribution < -0.4 is 15.7 Å². The Hall–Kier alpha value is -2.02. The molecule has 0 unspecified atom stereocenters. The molecule has 0 fully saturated rings. The highest BCUT2D eigenvalue weighted by Gasteiger charge is 2.14. The molecule has 0 saturated carbocycles. The van der Waals surface area contributed by atoms with Crippen LogP contribution in [-0.2, 0) is 5.33 Å². The summed E-state index contributed by atoms with van der Waals surface area (Å²) >= 11 is 3.21. The number of methoxy groups -OCH3 is 1. The van der Waals surface area contributed by atoms with Crippen LogP contribution in [0.5, 0.6) is 5.75 Å². The zero-order chi connectivity index (χ0) is 13.8. The first kappa shape index (κ1) is 13.4. The molecule has 7 heteroatoms. The van der Waals surface area contributed by atoms with Crippen molar-refractivity contribution in [1.82, 2.24) is 9.97 Å². The maximum Gasteiger partial charge on any atom is 0.323 e. The molecule has 1 aromatic carbocycles. The average Bonchev–Trinajstić information content (AvgIpc) is 2.81. The van der Waals surface area contributed by atoms with Gasteiger partial charge in [0.15, 0.2) is 0 Å². The molecule has 0 radical (unpaired) electrons. The highest BCUT2D eigenvalue weighted by Crippen LogP contribution is 2.16.